The number of allylic oxidation sites excluding steroid dienone is 2. The van der Waals surface area contributed by atoms with E-state index in [0.29, 0.717) is 0 Å². The molecule has 0 saturated carbocycles. The Hall–Kier alpha value is -1.08. The maximum Gasteiger partial charge on any atom is 0.0824 e. The molecule has 82 valence electrons. The van der Waals surface area contributed by atoms with Crippen LogP contribution in [0.2, 0.25) is 0 Å². The fourth-order valence-electron chi connectivity index (χ4n) is 1.61. The van der Waals surface area contributed by atoms with Gasteiger partial charge in [-0.15, -0.1) is 0 Å². The second-order valence-electron chi connectivity index (χ2n) is 3.99. The molecule has 1 aromatic carbocycles. The maximum absolute atomic E-state index is 5.49. The van der Waals surface area contributed by atoms with Crippen molar-refractivity contribution in [2.75, 3.05) is 7.11 Å². The fourth-order valence-corrected chi connectivity index (χ4v) is 1.61. The van der Waals surface area contributed by atoms with Gasteiger partial charge in [-0.1, -0.05) is 42.0 Å². The molecule has 1 atom stereocenters. The number of rotatable bonds is 5. The molecule has 0 N–H and O–H groups in total. The number of ether oxygens (including phenoxy) is 1. The lowest BCUT2D eigenvalue weighted by Gasteiger charge is -2.14. The summed E-state index contributed by atoms with van der Waals surface area (Å²) < 4.78 is 5.49. The van der Waals surface area contributed by atoms with E-state index < -0.39 is 0 Å². The van der Waals surface area contributed by atoms with Crippen molar-refractivity contribution in [2.45, 2.75) is 32.8 Å². The van der Waals surface area contributed by atoms with Gasteiger partial charge in [0, 0.05) is 7.11 Å². The molecule has 0 aliphatic carbocycles. The summed E-state index contributed by atoms with van der Waals surface area (Å²) in [5, 5.41) is 0. The average molecular weight is 204 g/mol. The highest BCUT2D eigenvalue weighted by Gasteiger charge is 2.07. The van der Waals surface area contributed by atoms with E-state index in [-0.39, 0.29) is 6.10 Å². The molecule has 0 aliphatic rings. The molecule has 0 saturated heterocycles. The standard InChI is InChI=1S/C14H20O/c1-12(2)8-7-11-14(15-3)13-9-5-4-6-10-13/h4-6,8-10,14H,7,11H2,1-3H3. The van der Waals surface area contributed by atoms with Crippen molar-refractivity contribution in [2.24, 2.45) is 0 Å². The van der Waals surface area contributed by atoms with Crippen molar-refractivity contribution in [3.05, 3.63) is 47.5 Å². The molecular weight excluding hydrogens is 184 g/mol. The van der Waals surface area contributed by atoms with Crippen LogP contribution in [0.3, 0.4) is 0 Å². The second-order valence-corrected chi connectivity index (χ2v) is 3.99. The molecule has 0 heterocycles. The summed E-state index contributed by atoms with van der Waals surface area (Å²) >= 11 is 0. The molecule has 0 spiro atoms. The van der Waals surface area contributed by atoms with Crippen molar-refractivity contribution in [3.63, 3.8) is 0 Å². The van der Waals surface area contributed by atoms with Crippen LogP contribution in [-0.2, 0) is 4.74 Å². The van der Waals surface area contributed by atoms with E-state index in [4.69, 9.17) is 4.74 Å². The van der Waals surface area contributed by atoms with Gasteiger partial charge < -0.3 is 4.74 Å². The van der Waals surface area contributed by atoms with Gasteiger partial charge >= 0.3 is 0 Å². The first-order chi connectivity index (χ1) is 7.24. The van der Waals surface area contributed by atoms with Gasteiger partial charge in [0.25, 0.3) is 0 Å². The summed E-state index contributed by atoms with van der Waals surface area (Å²) in [5.74, 6) is 0. The molecule has 1 rings (SSSR count). The maximum atomic E-state index is 5.49. The first-order valence-corrected chi connectivity index (χ1v) is 5.45. The zero-order valence-corrected chi connectivity index (χ0v) is 9.86. The summed E-state index contributed by atoms with van der Waals surface area (Å²) in [7, 11) is 1.78. The predicted octanol–water partition coefficient (Wildman–Crippen LogP) is 4.12. The summed E-state index contributed by atoms with van der Waals surface area (Å²) in [5.41, 5.74) is 2.64. The Morgan fingerprint density at radius 1 is 1.27 bits per heavy atom. The highest BCUT2D eigenvalue weighted by atomic mass is 16.5. The van der Waals surface area contributed by atoms with Crippen molar-refractivity contribution in [1.82, 2.24) is 0 Å². The molecular formula is C14H20O. The third kappa shape index (κ3) is 4.30. The Morgan fingerprint density at radius 2 is 1.93 bits per heavy atom. The molecule has 0 aliphatic heterocycles. The minimum Gasteiger partial charge on any atom is -0.377 e. The third-order valence-electron chi connectivity index (χ3n) is 2.44. The third-order valence-corrected chi connectivity index (χ3v) is 2.44. The lowest BCUT2D eigenvalue weighted by molar-refractivity contribution is 0.0965. The minimum atomic E-state index is 0.224. The van der Waals surface area contributed by atoms with Gasteiger partial charge in [-0.05, 0) is 32.3 Å². The van der Waals surface area contributed by atoms with E-state index in [2.05, 4.69) is 44.2 Å². The molecule has 0 bridgehead atoms. The highest BCUT2D eigenvalue weighted by molar-refractivity contribution is 5.17. The van der Waals surface area contributed by atoms with Crippen LogP contribution in [0.5, 0.6) is 0 Å². The van der Waals surface area contributed by atoms with Crippen LogP contribution < -0.4 is 0 Å². The van der Waals surface area contributed by atoms with Gasteiger partial charge in [0.05, 0.1) is 6.10 Å². The molecule has 0 amide bonds. The monoisotopic (exact) mass is 204 g/mol. The second kappa shape index (κ2) is 6.41. The van der Waals surface area contributed by atoms with Gasteiger partial charge in [0.15, 0.2) is 0 Å². The SMILES string of the molecule is COC(CCC=C(C)C)c1ccccc1. The molecule has 0 aromatic heterocycles. The Morgan fingerprint density at radius 3 is 2.47 bits per heavy atom. The summed E-state index contributed by atoms with van der Waals surface area (Å²) in [6.45, 7) is 4.26. The quantitative estimate of drug-likeness (QED) is 0.655. The number of methoxy groups -OCH3 is 1. The Bertz CT molecular complexity index is 296. The van der Waals surface area contributed by atoms with Gasteiger partial charge in [-0.2, -0.15) is 0 Å². The van der Waals surface area contributed by atoms with E-state index in [9.17, 15) is 0 Å². The van der Waals surface area contributed by atoms with Crippen LogP contribution in [-0.4, -0.2) is 7.11 Å². The van der Waals surface area contributed by atoms with Gasteiger partial charge in [-0.3, -0.25) is 0 Å². The van der Waals surface area contributed by atoms with Gasteiger partial charge in [0.2, 0.25) is 0 Å². The van der Waals surface area contributed by atoms with E-state index in [0.717, 1.165) is 12.8 Å². The largest absolute Gasteiger partial charge is 0.377 e. The lowest BCUT2D eigenvalue weighted by Crippen LogP contribution is -2.00. The smallest absolute Gasteiger partial charge is 0.0824 e. The zero-order chi connectivity index (χ0) is 11.1. The van der Waals surface area contributed by atoms with Crippen LogP contribution in [0.25, 0.3) is 0 Å². The number of benzene rings is 1. The van der Waals surface area contributed by atoms with E-state index in [1.54, 1.807) is 7.11 Å². The van der Waals surface area contributed by atoms with Crippen molar-refractivity contribution >= 4 is 0 Å². The Labute approximate surface area is 92.8 Å². The Kier molecular flexibility index (Phi) is 5.13. The average Bonchev–Trinajstić information content (AvgIpc) is 2.25. The van der Waals surface area contributed by atoms with Gasteiger partial charge in [-0.25, -0.2) is 0 Å². The van der Waals surface area contributed by atoms with Crippen LogP contribution in [0.15, 0.2) is 42.0 Å². The molecule has 0 fully saturated rings. The van der Waals surface area contributed by atoms with E-state index in [1.165, 1.54) is 11.1 Å². The molecule has 1 heteroatoms. The predicted molar refractivity (Wildman–Crippen MR) is 64.9 cm³/mol. The molecule has 0 radical (unpaired) electrons. The lowest BCUT2D eigenvalue weighted by atomic mass is 10.0. The van der Waals surface area contributed by atoms with E-state index in [1.807, 2.05) is 6.07 Å². The topological polar surface area (TPSA) is 9.23 Å². The molecule has 1 nitrogen and oxygen atoms in total. The number of hydrogen-bond acceptors (Lipinski definition) is 1. The molecule has 1 unspecified atom stereocenters. The van der Waals surface area contributed by atoms with Crippen LogP contribution in [0.1, 0.15) is 38.4 Å². The first kappa shape index (κ1) is 12.0. The minimum absolute atomic E-state index is 0.224. The Balaban J connectivity index is 2.54. The van der Waals surface area contributed by atoms with Crippen molar-refractivity contribution in [3.8, 4) is 0 Å². The fraction of sp³-hybridized carbons (Fsp3) is 0.429. The van der Waals surface area contributed by atoms with Crippen LogP contribution >= 0.6 is 0 Å². The molecule has 1 aromatic rings. The highest BCUT2D eigenvalue weighted by Crippen LogP contribution is 2.21. The van der Waals surface area contributed by atoms with Crippen molar-refractivity contribution in [1.29, 1.82) is 0 Å². The first-order valence-electron chi connectivity index (χ1n) is 5.45. The van der Waals surface area contributed by atoms with Gasteiger partial charge in [0.1, 0.15) is 0 Å². The van der Waals surface area contributed by atoms with Crippen LogP contribution in [0.4, 0.5) is 0 Å². The summed E-state index contributed by atoms with van der Waals surface area (Å²) in [6.07, 6.45) is 4.61. The molecule has 15 heavy (non-hydrogen) atoms. The van der Waals surface area contributed by atoms with Crippen LogP contribution in [0, 0.1) is 0 Å². The zero-order valence-electron chi connectivity index (χ0n) is 9.86. The number of hydrogen-bond donors (Lipinski definition) is 0. The van der Waals surface area contributed by atoms with E-state index >= 15 is 0 Å². The normalized spacial score (nSPS) is 12.2. The summed E-state index contributed by atoms with van der Waals surface area (Å²) in [6, 6.07) is 10.4. The summed E-state index contributed by atoms with van der Waals surface area (Å²) in [4.78, 5) is 0. The van der Waals surface area contributed by atoms with Crippen molar-refractivity contribution < 1.29 is 4.74 Å².